The first kappa shape index (κ1) is 15.8. The van der Waals surface area contributed by atoms with Gasteiger partial charge >= 0.3 is 11.8 Å². The Hall–Kier alpha value is -1.59. The summed E-state index contributed by atoms with van der Waals surface area (Å²) in [6, 6.07) is 6.99. The van der Waals surface area contributed by atoms with Crippen molar-refractivity contribution in [2.75, 3.05) is 6.54 Å². The molecule has 0 saturated heterocycles. The highest BCUT2D eigenvalue weighted by atomic mass is 35.5. The maximum Gasteiger partial charge on any atom is 0.309 e. The van der Waals surface area contributed by atoms with Crippen molar-refractivity contribution in [2.45, 2.75) is 31.9 Å². The maximum atomic E-state index is 11.7. The van der Waals surface area contributed by atoms with Crippen LogP contribution in [-0.4, -0.2) is 29.1 Å². The molecule has 3 N–H and O–H groups in total. The van der Waals surface area contributed by atoms with Crippen molar-refractivity contribution < 1.29 is 14.7 Å². The molecule has 2 rings (SSSR count). The number of aliphatic hydroxyl groups is 1. The highest BCUT2D eigenvalue weighted by molar-refractivity contribution is 6.35. The molecule has 0 aliphatic heterocycles. The van der Waals surface area contributed by atoms with E-state index in [1.54, 1.807) is 31.2 Å². The number of carbonyl (C=O) groups is 2. The lowest BCUT2D eigenvalue weighted by Crippen LogP contribution is -2.47. The van der Waals surface area contributed by atoms with Crippen LogP contribution in [0.4, 0.5) is 0 Å². The fourth-order valence-electron chi connectivity index (χ4n) is 2.05. The van der Waals surface area contributed by atoms with Gasteiger partial charge in [0.1, 0.15) is 0 Å². The van der Waals surface area contributed by atoms with Gasteiger partial charge in [0.25, 0.3) is 0 Å². The summed E-state index contributed by atoms with van der Waals surface area (Å²) in [6.45, 7) is 2.02. The Balaban J connectivity index is 1.74. The number of nitrogens with one attached hydrogen (secondary N) is 2. The van der Waals surface area contributed by atoms with E-state index in [0.717, 1.165) is 18.4 Å². The monoisotopic (exact) mass is 310 g/mol. The molecule has 1 aromatic carbocycles. The zero-order valence-electron chi connectivity index (χ0n) is 11.9. The normalized spacial score (nSPS) is 16.9. The molecule has 1 aromatic rings. The quantitative estimate of drug-likeness (QED) is 0.716. The van der Waals surface area contributed by atoms with Crippen LogP contribution in [0.15, 0.2) is 24.3 Å². The molecule has 0 bridgehead atoms. The topological polar surface area (TPSA) is 78.4 Å². The molecule has 0 aromatic heterocycles. The van der Waals surface area contributed by atoms with E-state index < -0.39 is 17.4 Å². The summed E-state index contributed by atoms with van der Waals surface area (Å²) in [5.74, 6) is -1.23. The zero-order valence-corrected chi connectivity index (χ0v) is 12.6. The Kier molecular flexibility index (Phi) is 4.85. The lowest BCUT2D eigenvalue weighted by atomic mass is 10.0. The van der Waals surface area contributed by atoms with Gasteiger partial charge in [-0.05, 0) is 43.4 Å². The van der Waals surface area contributed by atoms with Crippen molar-refractivity contribution in [1.82, 2.24) is 10.6 Å². The van der Waals surface area contributed by atoms with Crippen molar-refractivity contribution in [1.29, 1.82) is 0 Å². The van der Waals surface area contributed by atoms with Gasteiger partial charge in [-0.15, -0.1) is 0 Å². The molecule has 0 heterocycles. The third kappa shape index (κ3) is 4.72. The molecule has 6 heteroatoms. The first-order valence-electron chi connectivity index (χ1n) is 6.91. The van der Waals surface area contributed by atoms with Gasteiger partial charge in [-0.3, -0.25) is 9.59 Å². The second kappa shape index (κ2) is 6.45. The fourth-order valence-corrected chi connectivity index (χ4v) is 2.18. The minimum absolute atomic E-state index is 0.0882. The smallest absolute Gasteiger partial charge is 0.309 e. The van der Waals surface area contributed by atoms with E-state index in [1.165, 1.54) is 0 Å². The van der Waals surface area contributed by atoms with Gasteiger partial charge in [-0.2, -0.15) is 0 Å². The zero-order chi connectivity index (χ0) is 15.5. The lowest BCUT2D eigenvalue weighted by molar-refractivity contribution is -0.140. The van der Waals surface area contributed by atoms with Crippen molar-refractivity contribution in [3.63, 3.8) is 0 Å². The highest BCUT2D eigenvalue weighted by Crippen LogP contribution is 2.38. The second-order valence-corrected chi connectivity index (χ2v) is 6.06. The lowest BCUT2D eigenvalue weighted by Gasteiger charge is -2.22. The van der Waals surface area contributed by atoms with Crippen LogP contribution in [0.5, 0.6) is 0 Å². The Bertz CT molecular complexity index is 524. The molecular formula is C15H19ClN2O3. The largest absolute Gasteiger partial charge is 0.388 e. The third-order valence-electron chi connectivity index (χ3n) is 3.64. The van der Waals surface area contributed by atoms with Crippen LogP contribution in [0.3, 0.4) is 0 Å². The molecule has 1 aliphatic carbocycles. The summed E-state index contributed by atoms with van der Waals surface area (Å²) in [5, 5.41) is 15.7. The van der Waals surface area contributed by atoms with Gasteiger partial charge < -0.3 is 15.7 Å². The molecular weight excluding hydrogens is 292 g/mol. The van der Waals surface area contributed by atoms with Gasteiger partial charge in [0.15, 0.2) is 0 Å². The molecule has 1 fully saturated rings. The molecule has 2 amide bonds. The van der Waals surface area contributed by atoms with Crippen molar-refractivity contribution in [3.05, 3.63) is 34.9 Å². The van der Waals surface area contributed by atoms with Gasteiger partial charge in [0, 0.05) is 18.1 Å². The minimum atomic E-state index is -0.938. The number of amides is 2. The van der Waals surface area contributed by atoms with Crippen LogP contribution < -0.4 is 10.6 Å². The van der Waals surface area contributed by atoms with Gasteiger partial charge in [-0.25, -0.2) is 0 Å². The van der Waals surface area contributed by atoms with Crippen molar-refractivity contribution in [3.8, 4) is 0 Å². The number of benzene rings is 1. The van der Waals surface area contributed by atoms with Gasteiger partial charge in [-0.1, -0.05) is 23.7 Å². The fraction of sp³-hybridized carbons (Fsp3) is 0.467. The molecule has 1 unspecified atom stereocenters. The standard InChI is InChI=1S/C15H19ClN2O3/c1-15(21,11-4-5-11)9-18-14(20)13(19)17-8-10-2-6-12(16)7-3-10/h2-3,6-7,11,21H,4-5,8-9H2,1H3,(H,17,19)(H,18,20). The molecule has 1 saturated carbocycles. The van der Waals surface area contributed by atoms with Crippen LogP contribution in [0.1, 0.15) is 25.3 Å². The summed E-state index contributed by atoms with van der Waals surface area (Å²) < 4.78 is 0. The Morgan fingerprint density at radius 2 is 1.81 bits per heavy atom. The van der Waals surface area contributed by atoms with Crippen LogP contribution in [0.2, 0.25) is 5.02 Å². The van der Waals surface area contributed by atoms with E-state index >= 15 is 0 Å². The summed E-state index contributed by atoms with van der Waals surface area (Å²) in [4.78, 5) is 23.3. The van der Waals surface area contributed by atoms with E-state index in [1.807, 2.05) is 0 Å². The highest BCUT2D eigenvalue weighted by Gasteiger charge is 2.40. The number of hydrogen-bond acceptors (Lipinski definition) is 3. The molecule has 0 radical (unpaired) electrons. The summed E-state index contributed by atoms with van der Waals surface area (Å²) in [5.41, 5.74) is -0.0860. The van der Waals surface area contributed by atoms with E-state index in [4.69, 9.17) is 11.6 Å². The van der Waals surface area contributed by atoms with Crippen molar-refractivity contribution >= 4 is 23.4 Å². The van der Waals surface area contributed by atoms with E-state index in [-0.39, 0.29) is 19.0 Å². The summed E-state index contributed by atoms with van der Waals surface area (Å²) in [7, 11) is 0. The van der Waals surface area contributed by atoms with Crippen LogP contribution >= 0.6 is 11.6 Å². The molecule has 0 spiro atoms. The van der Waals surface area contributed by atoms with E-state index in [2.05, 4.69) is 10.6 Å². The number of carbonyl (C=O) groups excluding carboxylic acids is 2. The summed E-state index contributed by atoms with van der Waals surface area (Å²) >= 11 is 5.76. The SMILES string of the molecule is CC(O)(CNC(=O)C(=O)NCc1ccc(Cl)cc1)C1CC1. The Morgan fingerprint density at radius 1 is 1.24 bits per heavy atom. The predicted molar refractivity (Wildman–Crippen MR) is 79.7 cm³/mol. The maximum absolute atomic E-state index is 11.7. The molecule has 1 atom stereocenters. The first-order chi connectivity index (χ1) is 9.88. The number of hydrogen-bond donors (Lipinski definition) is 3. The number of rotatable bonds is 5. The molecule has 21 heavy (non-hydrogen) atoms. The Morgan fingerprint density at radius 3 is 2.38 bits per heavy atom. The minimum Gasteiger partial charge on any atom is -0.388 e. The van der Waals surface area contributed by atoms with Crippen molar-refractivity contribution in [2.24, 2.45) is 5.92 Å². The second-order valence-electron chi connectivity index (χ2n) is 5.62. The predicted octanol–water partition coefficient (Wildman–Crippen LogP) is 1.23. The Labute approximate surface area is 128 Å². The third-order valence-corrected chi connectivity index (χ3v) is 3.89. The van der Waals surface area contributed by atoms with E-state index in [0.29, 0.717) is 5.02 Å². The molecule has 114 valence electrons. The van der Waals surface area contributed by atoms with E-state index in [9.17, 15) is 14.7 Å². The molecule has 5 nitrogen and oxygen atoms in total. The van der Waals surface area contributed by atoms with Gasteiger partial charge in [0.05, 0.1) is 5.60 Å². The van der Waals surface area contributed by atoms with Gasteiger partial charge in [0.2, 0.25) is 0 Å². The van der Waals surface area contributed by atoms with Crippen LogP contribution in [0.25, 0.3) is 0 Å². The first-order valence-corrected chi connectivity index (χ1v) is 7.29. The average Bonchev–Trinajstić information content (AvgIpc) is 3.29. The molecule has 1 aliphatic rings. The average molecular weight is 311 g/mol. The van der Waals surface area contributed by atoms with Crippen LogP contribution in [0, 0.1) is 5.92 Å². The number of halogens is 1. The van der Waals surface area contributed by atoms with Crippen LogP contribution in [-0.2, 0) is 16.1 Å². The summed E-state index contributed by atoms with van der Waals surface area (Å²) in [6.07, 6.45) is 1.93.